The highest BCUT2D eigenvalue weighted by molar-refractivity contribution is 5.57. The molecule has 0 atom stereocenters. The molecule has 0 radical (unpaired) electrons. The fourth-order valence-corrected chi connectivity index (χ4v) is 1.91. The summed E-state index contributed by atoms with van der Waals surface area (Å²) in [5.41, 5.74) is 7.83. The van der Waals surface area contributed by atoms with Crippen LogP contribution in [0.15, 0.2) is 18.2 Å². The van der Waals surface area contributed by atoms with Crippen LogP contribution in [0.4, 0.5) is 5.69 Å². The lowest BCUT2D eigenvalue weighted by molar-refractivity contribution is 0.341. The van der Waals surface area contributed by atoms with E-state index >= 15 is 0 Å². The fraction of sp³-hybridized carbons (Fsp3) is 0.600. The molecule has 1 aromatic carbocycles. The normalized spacial score (nSPS) is 10.4. The van der Waals surface area contributed by atoms with Crippen molar-refractivity contribution < 1.29 is 4.74 Å². The maximum atomic E-state index is 5.61. The topological polar surface area (TPSA) is 47.3 Å². The summed E-state index contributed by atoms with van der Waals surface area (Å²) < 4.78 is 5.61. The Balaban J connectivity index is 2.37. The third-order valence-corrected chi connectivity index (χ3v) is 2.88. The standard InChI is InChI=1S/C15H26N2O/c1-3-18-15-9-8-13(2)12-14(15)17-11-7-5-4-6-10-16/h8-9,12,17H,3-7,10-11,16H2,1-2H3. The molecule has 0 aromatic heterocycles. The number of hydrogen-bond acceptors (Lipinski definition) is 3. The monoisotopic (exact) mass is 250 g/mol. The third kappa shape index (κ3) is 5.41. The minimum absolute atomic E-state index is 0.703. The molecular weight excluding hydrogens is 224 g/mol. The molecule has 0 spiro atoms. The Morgan fingerprint density at radius 2 is 1.94 bits per heavy atom. The number of aryl methyl sites for hydroxylation is 1. The van der Waals surface area contributed by atoms with Gasteiger partial charge in [0, 0.05) is 6.54 Å². The van der Waals surface area contributed by atoms with E-state index in [1.165, 1.54) is 24.8 Å². The highest BCUT2D eigenvalue weighted by Crippen LogP contribution is 2.25. The van der Waals surface area contributed by atoms with Crippen LogP contribution in [-0.2, 0) is 0 Å². The zero-order valence-corrected chi connectivity index (χ0v) is 11.7. The number of benzene rings is 1. The van der Waals surface area contributed by atoms with Gasteiger partial charge in [0.2, 0.25) is 0 Å². The predicted molar refractivity (Wildman–Crippen MR) is 78.4 cm³/mol. The molecular formula is C15H26N2O. The first kappa shape index (κ1) is 14.8. The van der Waals surface area contributed by atoms with Gasteiger partial charge in [-0.1, -0.05) is 18.9 Å². The molecule has 3 heteroatoms. The SMILES string of the molecule is CCOc1ccc(C)cc1NCCCCCCN. The summed E-state index contributed by atoms with van der Waals surface area (Å²) in [5, 5.41) is 3.46. The lowest BCUT2D eigenvalue weighted by Crippen LogP contribution is -2.05. The van der Waals surface area contributed by atoms with Gasteiger partial charge in [-0.2, -0.15) is 0 Å². The van der Waals surface area contributed by atoms with Gasteiger partial charge in [0.25, 0.3) is 0 Å². The Morgan fingerprint density at radius 1 is 1.17 bits per heavy atom. The number of nitrogens with two attached hydrogens (primary N) is 1. The molecule has 0 amide bonds. The number of rotatable bonds is 9. The van der Waals surface area contributed by atoms with Crippen LogP contribution in [-0.4, -0.2) is 19.7 Å². The Bertz CT molecular complexity index is 339. The lowest BCUT2D eigenvalue weighted by atomic mass is 10.1. The molecule has 0 bridgehead atoms. The van der Waals surface area contributed by atoms with E-state index in [0.717, 1.165) is 30.9 Å². The van der Waals surface area contributed by atoms with E-state index < -0.39 is 0 Å². The molecule has 0 aliphatic rings. The molecule has 0 aliphatic carbocycles. The van der Waals surface area contributed by atoms with E-state index in [9.17, 15) is 0 Å². The Morgan fingerprint density at radius 3 is 2.67 bits per heavy atom. The second kappa shape index (κ2) is 8.81. The number of anilines is 1. The highest BCUT2D eigenvalue weighted by Gasteiger charge is 2.02. The number of unbranched alkanes of at least 4 members (excludes halogenated alkanes) is 3. The molecule has 0 unspecified atom stereocenters. The van der Waals surface area contributed by atoms with Crippen molar-refractivity contribution in [2.75, 3.05) is 25.0 Å². The van der Waals surface area contributed by atoms with Gasteiger partial charge in [-0.05, 0) is 50.9 Å². The summed E-state index contributed by atoms with van der Waals surface area (Å²) in [6, 6.07) is 6.26. The van der Waals surface area contributed by atoms with Gasteiger partial charge in [-0.15, -0.1) is 0 Å². The molecule has 1 aromatic rings. The van der Waals surface area contributed by atoms with E-state index in [0.29, 0.717) is 6.61 Å². The second-order valence-corrected chi connectivity index (χ2v) is 4.56. The van der Waals surface area contributed by atoms with Gasteiger partial charge in [0.15, 0.2) is 0 Å². The fourth-order valence-electron chi connectivity index (χ4n) is 1.91. The first-order chi connectivity index (χ1) is 8.77. The minimum atomic E-state index is 0.703. The summed E-state index contributed by atoms with van der Waals surface area (Å²) in [7, 11) is 0. The van der Waals surface area contributed by atoms with Crippen LogP contribution >= 0.6 is 0 Å². The number of hydrogen-bond donors (Lipinski definition) is 2. The van der Waals surface area contributed by atoms with Crippen LogP contribution < -0.4 is 15.8 Å². The summed E-state index contributed by atoms with van der Waals surface area (Å²) in [4.78, 5) is 0. The molecule has 0 fully saturated rings. The lowest BCUT2D eigenvalue weighted by Gasteiger charge is -2.13. The highest BCUT2D eigenvalue weighted by atomic mass is 16.5. The van der Waals surface area contributed by atoms with E-state index in [4.69, 9.17) is 10.5 Å². The maximum Gasteiger partial charge on any atom is 0.142 e. The molecule has 0 aliphatic heterocycles. The van der Waals surface area contributed by atoms with Crippen LogP contribution in [0.2, 0.25) is 0 Å². The maximum absolute atomic E-state index is 5.61. The van der Waals surface area contributed by atoms with Gasteiger partial charge < -0.3 is 15.8 Å². The minimum Gasteiger partial charge on any atom is -0.492 e. The molecule has 0 saturated heterocycles. The molecule has 0 saturated carbocycles. The zero-order chi connectivity index (χ0) is 13.2. The van der Waals surface area contributed by atoms with Crippen molar-refractivity contribution in [3.8, 4) is 5.75 Å². The van der Waals surface area contributed by atoms with Crippen molar-refractivity contribution in [2.24, 2.45) is 5.73 Å². The van der Waals surface area contributed by atoms with Gasteiger partial charge in [0.05, 0.1) is 12.3 Å². The van der Waals surface area contributed by atoms with Gasteiger partial charge in [-0.25, -0.2) is 0 Å². The van der Waals surface area contributed by atoms with Crippen molar-refractivity contribution >= 4 is 5.69 Å². The first-order valence-corrected chi connectivity index (χ1v) is 6.95. The summed E-state index contributed by atoms with van der Waals surface area (Å²) in [6.07, 6.45) is 4.78. The average Bonchev–Trinajstić information content (AvgIpc) is 2.37. The van der Waals surface area contributed by atoms with Crippen LogP contribution in [0.5, 0.6) is 5.75 Å². The molecule has 18 heavy (non-hydrogen) atoms. The third-order valence-electron chi connectivity index (χ3n) is 2.88. The van der Waals surface area contributed by atoms with Crippen LogP contribution in [0.3, 0.4) is 0 Å². The molecule has 102 valence electrons. The molecule has 3 N–H and O–H groups in total. The number of nitrogens with one attached hydrogen (secondary N) is 1. The average molecular weight is 250 g/mol. The van der Waals surface area contributed by atoms with Crippen molar-refractivity contribution in [1.82, 2.24) is 0 Å². The molecule has 1 rings (SSSR count). The van der Waals surface area contributed by atoms with Crippen molar-refractivity contribution in [1.29, 1.82) is 0 Å². The van der Waals surface area contributed by atoms with Gasteiger partial charge in [-0.3, -0.25) is 0 Å². The Labute approximate surface area is 111 Å². The van der Waals surface area contributed by atoms with Crippen molar-refractivity contribution in [3.63, 3.8) is 0 Å². The van der Waals surface area contributed by atoms with Gasteiger partial charge in [0.1, 0.15) is 5.75 Å². The quantitative estimate of drug-likeness (QED) is 0.661. The first-order valence-electron chi connectivity index (χ1n) is 6.95. The van der Waals surface area contributed by atoms with E-state index in [1.807, 2.05) is 13.0 Å². The Hall–Kier alpha value is -1.22. The van der Waals surface area contributed by atoms with E-state index in [2.05, 4.69) is 24.4 Å². The number of ether oxygens (including phenoxy) is 1. The van der Waals surface area contributed by atoms with Crippen LogP contribution in [0.1, 0.15) is 38.2 Å². The zero-order valence-electron chi connectivity index (χ0n) is 11.7. The van der Waals surface area contributed by atoms with Crippen LogP contribution in [0, 0.1) is 6.92 Å². The van der Waals surface area contributed by atoms with E-state index in [1.54, 1.807) is 0 Å². The Kier molecular flexibility index (Phi) is 7.26. The molecule has 0 heterocycles. The summed E-state index contributed by atoms with van der Waals surface area (Å²) >= 11 is 0. The van der Waals surface area contributed by atoms with Crippen molar-refractivity contribution in [2.45, 2.75) is 39.5 Å². The second-order valence-electron chi connectivity index (χ2n) is 4.56. The van der Waals surface area contributed by atoms with E-state index in [-0.39, 0.29) is 0 Å². The van der Waals surface area contributed by atoms with Gasteiger partial charge >= 0.3 is 0 Å². The predicted octanol–water partition coefficient (Wildman–Crippen LogP) is 3.32. The summed E-state index contributed by atoms with van der Waals surface area (Å²) in [6.45, 7) is 6.61. The van der Waals surface area contributed by atoms with Crippen LogP contribution in [0.25, 0.3) is 0 Å². The summed E-state index contributed by atoms with van der Waals surface area (Å²) in [5.74, 6) is 0.949. The smallest absolute Gasteiger partial charge is 0.142 e. The van der Waals surface area contributed by atoms with Crippen molar-refractivity contribution in [3.05, 3.63) is 23.8 Å². The molecule has 3 nitrogen and oxygen atoms in total. The largest absolute Gasteiger partial charge is 0.492 e.